The highest BCUT2D eigenvalue weighted by molar-refractivity contribution is 7.99. The van der Waals surface area contributed by atoms with Crippen LogP contribution in [0.15, 0.2) is 40.7 Å². The fourth-order valence-corrected chi connectivity index (χ4v) is 4.23. The quantitative estimate of drug-likeness (QED) is 0.111. The van der Waals surface area contributed by atoms with Crippen LogP contribution in [0.4, 0.5) is 0 Å². The van der Waals surface area contributed by atoms with Gasteiger partial charge in [0, 0.05) is 19.9 Å². The van der Waals surface area contributed by atoms with E-state index < -0.39 is 47.4 Å². The number of carboxylic acid groups (broad SMARTS) is 3. The average molecular weight is 538 g/mol. The van der Waals surface area contributed by atoms with Gasteiger partial charge in [-0.1, -0.05) is 23.9 Å². The number of phenolic OH excluding ortho intramolecular Hbond substituents is 1. The molecule has 2 heterocycles. The summed E-state index contributed by atoms with van der Waals surface area (Å²) in [5.41, 5.74) is -2.95. The monoisotopic (exact) mass is 538 g/mol. The zero-order valence-corrected chi connectivity index (χ0v) is 20.1. The Bertz CT molecular complexity index is 1230. The van der Waals surface area contributed by atoms with Gasteiger partial charge in [-0.2, -0.15) is 0 Å². The Balaban J connectivity index is 1.88. The fraction of sp³-hybridized carbons (Fsp3) is 0.350. The van der Waals surface area contributed by atoms with Gasteiger partial charge in [-0.25, -0.2) is 14.3 Å². The predicted octanol–water partition coefficient (Wildman–Crippen LogP) is -1.30. The van der Waals surface area contributed by atoms with Crippen LogP contribution >= 0.6 is 11.8 Å². The highest BCUT2D eigenvalue weighted by Gasteiger charge is 2.53. The molecule has 0 saturated carbocycles. The summed E-state index contributed by atoms with van der Waals surface area (Å²) in [6, 6.07) is 4.68. The minimum absolute atomic E-state index is 0.0561. The number of aromatic nitrogens is 4. The third-order valence-electron chi connectivity index (χ3n) is 5.28. The van der Waals surface area contributed by atoms with E-state index in [9.17, 15) is 39.6 Å². The van der Waals surface area contributed by atoms with Crippen molar-refractivity contribution in [2.75, 3.05) is 19.5 Å². The Morgan fingerprint density at radius 2 is 1.95 bits per heavy atom. The third kappa shape index (κ3) is 5.79. The van der Waals surface area contributed by atoms with Gasteiger partial charge in [-0.15, -0.1) is 5.10 Å². The predicted molar refractivity (Wildman–Crippen MR) is 121 cm³/mol. The van der Waals surface area contributed by atoms with Crippen molar-refractivity contribution in [1.29, 1.82) is 0 Å². The van der Waals surface area contributed by atoms with E-state index in [0.717, 1.165) is 31.0 Å². The number of thioether (sulfide) groups is 1. The summed E-state index contributed by atoms with van der Waals surface area (Å²) in [7, 11) is 2.51. The van der Waals surface area contributed by atoms with E-state index in [4.69, 9.17) is 9.47 Å². The first-order valence-corrected chi connectivity index (χ1v) is 11.3. The van der Waals surface area contributed by atoms with E-state index in [1.807, 2.05) is 5.32 Å². The number of tetrazole rings is 1. The number of aryl methyl sites for hydroxylation is 1. The number of nitrogens with zero attached hydrogens (tertiary/aromatic N) is 4. The van der Waals surface area contributed by atoms with E-state index in [1.165, 1.54) is 16.8 Å². The SMILES string of the molecule is CO[C@@](NC(=O)[C@H](C(=O)O)c1ccc(O)cc1)(C(=O)O)[C@@H]1NC(C(=O)O)=C(CSc2nnnn2C)CO1. The highest BCUT2D eigenvalue weighted by atomic mass is 32.2. The lowest BCUT2D eigenvalue weighted by atomic mass is 9.97. The second kappa shape index (κ2) is 11.2. The molecule has 1 aliphatic rings. The van der Waals surface area contributed by atoms with Gasteiger partial charge in [0.15, 0.2) is 12.1 Å². The molecule has 1 aliphatic heterocycles. The molecular weight excluding hydrogens is 516 g/mol. The maximum atomic E-state index is 13.0. The molecule has 0 fully saturated rings. The first-order valence-electron chi connectivity index (χ1n) is 10.3. The van der Waals surface area contributed by atoms with Crippen LogP contribution in [0.2, 0.25) is 0 Å². The van der Waals surface area contributed by atoms with Gasteiger partial charge >= 0.3 is 17.9 Å². The lowest BCUT2D eigenvalue weighted by Crippen LogP contribution is -2.69. The normalized spacial score (nSPS) is 17.8. The number of ether oxygens (including phenoxy) is 2. The number of hydrogen-bond acceptors (Lipinski definition) is 12. The Labute approximate surface area is 212 Å². The van der Waals surface area contributed by atoms with E-state index >= 15 is 0 Å². The van der Waals surface area contributed by atoms with Crippen LogP contribution in [0.5, 0.6) is 5.75 Å². The number of methoxy groups -OCH3 is 1. The van der Waals surface area contributed by atoms with E-state index in [2.05, 4.69) is 20.8 Å². The molecule has 1 amide bonds. The Hall–Kier alpha value is -4.22. The Kier molecular flexibility index (Phi) is 8.31. The molecular formula is C20H22N6O10S. The summed E-state index contributed by atoms with van der Waals surface area (Å²) >= 11 is 1.10. The smallest absolute Gasteiger partial charge is 0.362 e. The largest absolute Gasteiger partial charge is 0.508 e. The second-order valence-electron chi connectivity index (χ2n) is 7.59. The molecule has 3 atom stereocenters. The third-order valence-corrected chi connectivity index (χ3v) is 6.37. The van der Waals surface area contributed by atoms with E-state index in [-0.39, 0.29) is 29.2 Å². The number of benzene rings is 1. The lowest BCUT2D eigenvalue weighted by Gasteiger charge is -2.39. The molecule has 0 bridgehead atoms. The summed E-state index contributed by atoms with van der Waals surface area (Å²) in [4.78, 5) is 49.1. The number of hydrogen-bond donors (Lipinski definition) is 6. The molecule has 0 saturated heterocycles. The summed E-state index contributed by atoms with van der Waals surface area (Å²) < 4.78 is 12.0. The van der Waals surface area contributed by atoms with Crippen molar-refractivity contribution in [1.82, 2.24) is 30.8 Å². The summed E-state index contributed by atoms with van der Waals surface area (Å²) in [5, 5.41) is 54.5. The molecule has 37 heavy (non-hydrogen) atoms. The molecule has 17 heteroatoms. The standard InChI is InChI=1S/C20H22N6O10S/c1-26-19(23-24-25-26)37-8-10-7-36-17(21-13(10)16(31)32)20(35-2,18(33)34)22-14(28)12(15(29)30)9-3-5-11(27)6-4-9/h3-6,12,17,21,27H,7-8H2,1-2H3,(H,22,28)(H,29,30)(H,31,32)(H,33,34)/t12-,17-,20-/m1/s1. The van der Waals surface area contributed by atoms with Crippen LogP contribution in [-0.4, -0.2) is 95.9 Å². The van der Waals surface area contributed by atoms with Crippen LogP contribution in [0.3, 0.4) is 0 Å². The van der Waals surface area contributed by atoms with Crippen LogP contribution in [0.1, 0.15) is 11.5 Å². The number of rotatable bonds is 11. The van der Waals surface area contributed by atoms with E-state index in [1.54, 1.807) is 7.05 Å². The number of carbonyl (C=O) groups excluding carboxylic acids is 1. The second-order valence-corrected chi connectivity index (χ2v) is 8.53. The van der Waals surface area contributed by atoms with Gasteiger partial charge in [-0.3, -0.25) is 9.59 Å². The molecule has 0 unspecified atom stereocenters. The van der Waals surface area contributed by atoms with Crippen LogP contribution < -0.4 is 10.6 Å². The number of aromatic hydroxyl groups is 1. The first kappa shape index (κ1) is 27.4. The van der Waals surface area contributed by atoms with Gasteiger partial charge in [0.2, 0.25) is 11.1 Å². The van der Waals surface area contributed by atoms with Crippen molar-refractivity contribution in [3.05, 3.63) is 41.1 Å². The van der Waals surface area contributed by atoms with Crippen molar-refractivity contribution < 1.29 is 49.1 Å². The van der Waals surface area contributed by atoms with Gasteiger partial charge in [-0.05, 0) is 33.7 Å². The fourth-order valence-electron chi connectivity index (χ4n) is 3.38. The zero-order chi connectivity index (χ0) is 27.3. The molecule has 1 aromatic heterocycles. The molecule has 3 rings (SSSR count). The zero-order valence-electron chi connectivity index (χ0n) is 19.3. The molecule has 1 aromatic carbocycles. The Morgan fingerprint density at radius 1 is 1.27 bits per heavy atom. The number of nitrogens with one attached hydrogen (secondary N) is 2. The van der Waals surface area contributed by atoms with Crippen molar-refractivity contribution in [3.63, 3.8) is 0 Å². The van der Waals surface area contributed by atoms with Crippen molar-refractivity contribution in [2.45, 2.75) is 23.0 Å². The minimum atomic E-state index is -2.73. The van der Waals surface area contributed by atoms with Gasteiger partial charge in [0.1, 0.15) is 11.4 Å². The number of aliphatic carboxylic acids is 3. The highest BCUT2D eigenvalue weighted by Crippen LogP contribution is 2.27. The molecule has 198 valence electrons. The van der Waals surface area contributed by atoms with Gasteiger partial charge in [0.25, 0.3) is 5.72 Å². The lowest BCUT2D eigenvalue weighted by molar-refractivity contribution is -0.199. The molecule has 16 nitrogen and oxygen atoms in total. The number of phenols is 1. The molecule has 0 aliphatic carbocycles. The molecule has 2 aromatic rings. The maximum absolute atomic E-state index is 13.0. The number of carboxylic acids is 3. The van der Waals surface area contributed by atoms with E-state index in [0.29, 0.717) is 5.16 Å². The molecule has 0 spiro atoms. The van der Waals surface area contributed by atoms with Crippen molar-refractivity contribution in [2.24, 2.45) is 7.05 Å². The topological polar surface area (TPSA) is 235 Å². The van der Waals surface area contributed by atoms with Crippen LogP contribution in [0, 0.1) is 0 Å². The van der Waals surface area contributed by atoms with Gasteiger partial charge < -0.3 is 40.5 Å². The van der Waals surface area contributed by atoms with Crippen LogP contribution in [0.25, 0.3) is 0 Å². The summed E-state index contributed by atoms with van der Waals surface area (Å²) in [5.74, 6) is -8.12. The minimum Gasteiger partial charge on any atom is -0.508 e. The maximum Gasteiger partial charge on any atom is 0.362 e. The van der Waals surface area contributed by atoms with Crippen molar-refractivity contribution >= 4 is 35.6 Å². The van der Waals surface area contributed by atoms with Gasteiger partial charge in [0.05, 0.1) is 6.61 Å². The van der Waals surface area contributed by atoms with Crippen molar-refractivity contribution in [3.8, 4) is 5.75 Å². The molecule has 0 radical (unpaired) electrons. The number of amides is 1. The average Bonchev–Trinajstić information content (AvgIpc) is 3.26. The Morgan fingerprint density at radius 3 is 2.46 bits per heavy atom. The van der Waals surface area contributed by atoms with Crippen LogP contribution in [-0.2, 0) is 35.7 Å². The summed E-state index contributed by atoms with van der Waals surface area (Å²) in [6.07, 6.45) is -1.77. The first-order chi connectivity index (χ1) is 17.5. The summed E-state index contributed by atoms with van der Waals surface area (Å²) in [6.45, 7) is -0.369. The molecule has 6 N–H and O–H groups in total. The number of carbonyl (C=O) groups is 4.